The quantitative estimate of drug-likeness (QED) is 0.663. The van der Waals surface area contributed by atoms with Crippen molar-refractivity contribution in [2.75, 3.05) is 28.6 Å². The van der Waals surface area contributed by atoms with E-state index >= 15 is 0 Å². The SMILES string of the molecule is Cc1cccc(Nc2ccc(C(=O)Nc3ccc(N4CCCC4)cc3)cn2)c1. The first-order chi connectivity index (χ1) is 13.7. The van der Waals surface area contributed by atoms with Gasteiger partial charge >= 0.3 is 0 Å². The van der Waals surface area contributed by atoms with E-state index in [9.17, 15) is 4.79 Å². The number of pyridine rings is 1. The van der Waals surface area contributed by atoms with Crippen molar-refractivity contribution in [3.8, 4) is 0 Å². The van der Waals surface area contributed by atoms with Crippen molar-refractivity contribution in [1.82, 2.24) is 4.98 Å². The van der Waals surface area contributed by atoms with E-state index in [1.165, 1.54) is 24.1 Å². The maximum atomic E-state index is 12.5. The van der Waals surface area contributed by atoms with Crippen LogP contribution in [0, 0.1) is 6.92 Å². The first-order valence-electron chi connectivity index (χ1n) is 9.63. The van der Waals surface area contributed by atoms with Crippen LogP contribution in [0.5, 0.6) is 0 Å². The summed E-state index contributed by atoms with van der Waals surface area (Å²) in [4.78, 5) is 19.2. The highest BCUT2D eigenvalue weighted by Gasteiger charge is 2.12. The second kappa shape index (κ2) is 8.13. The molecule has 0 aliphatic carbocycles. The Morgan fingerprint density at radius 1 is 0.964 bits per heavy atom. The highest BCUT2D eigenvalue weighted by molar-refractivity contribution is 6.04. The topological polar surface area (TPSA) is 57.3 Å². The van der Waals surface area contributed by atoms with Crippen LogP contribution in [0.2, 0.25) is 0 Å². The lowest BCUT2D eigenvalue weighted by molar-refractivity contribution is 0.102. The number of aryl methyl sites for hydroxylation is 1. The van der Waals surface area contributed by atoms with Crippen LogP contribution in [-0.2, 0) is 0 Å². The Morgan fingerprint density at radius 3 is 2.43 bits per heavy atom. The summed E-state index contributed by atoms with van der Waals surface area (Å²) < 4.78 is 0. The van der Waals surface area contributed by atoms with Crippen molar-refractivity contribution in [2.45, 2.75) is 19.8 Å². The van der Waals surface area contributed by atoms with Crippen molar-refractivity contribution < 1.29 is 4.79 Å². The Morgan fingerprint density at radius 2 is 1.75 bits per heavy atom. The minimum Gasteiger partial charge on any atom is -0.372 e. The summed E-state index contributed by atoms with van der Waals surface area (Å²) in [5.41, 5.74) is 4.68. The summed E-state index contributed by atoms with van der Waals surface area (Å²) in [6, 6.07) is 19.7. The Labute approximate surface area is 165 Å². The van der Waals surface area contributed by atoms with Gasteiger partial charge in [0.2, 0.25) is 0 Å². The molecule has 2 N–H and O–H groups in total. The molecule has 0 unspecified atom stereocenters. The van der Waals surface area contributed by atoms with Crippen LogP contribution in [0.3, 0.4) is 0 Å². The molecule has 2 aromatic carbocycles. The molecule has 1 amide bonds. The maximum Gasteiger partial charge on any atom is 0.257 e. The molecule has 3 aromatic rings. The van der Waals surface area contributed by atoms with E-state index in [2.05, 4.69) is 32.7 Å². The third-order valence-electron chi connectivity index (χ3n) is 4.91. The third-order valence-corrected chi connectivity index (χ3v) is 4.91. The lowest BCUT2D eigenvalue weighted by Gasteiger charge is -2.17. The Hall–Kier alpha value is -3.34. The molecule has 0 bridgehead atoms. The van der Waals surface area contributed by atoms with Crippen LogP contribution in [0.4, 0.5) is 22.9 Å². The zero-order valence-electron chi connectivity index (χ0n) is 16.0. The first-order valence-corrected chi connectivity index (χ1v) is 9.63. The number of anilines is 4. The molecular formula is C23H24N4O. The third kappa shape index (κ3) is 4.31. The number of hydrogen-bond donors (Lipinski definition) is 2. The lowest BCUT2D eigenvalue weighted by atomic mass is 10.2. The Bertz CT molecular complexity index is 945. The van der Waals surface area contributed by atoms with Gasteiger partial charge < -0.3 is 15.5 Å². The highest BCUT2D eigenvalue weighted by Crippen LogP contribution is 2.22. The fourth-order valence-electron chi connectivity index (χ4n) is 3.41. The fraction of sp³-hybridized carbons (Fsp3) is 0.217. The van der Waals surface area contributed by atoms with Crippen molar-refractivity contribution in [2.24, 2.45) is 0 Å². The first kappa shape index (κ1) is 18.0. The van der Waals surface area contributed by atoms with Gasteiger partial charge in [-0.25, -0.2) is 4.98 Å². The van der Waals surface area contributed by atoms with Gasteiger partial charge in [0, 0.05) is 36.3 Å². The molecule has 5 heteroatoms. The van der Waals surface area contributed by atoms with Crippen LogP contribution < -0.4 is 15.5 Å². The molecule has 2 heterocycles. The number of rotatable bonds is 5. The van der Waals surface area contributed by atoms with E-state index < -0.39 is 0 Å². The summed E-state index contributed by atoms with van der Waals surface area (Å²) in [6.45, 7) is 4.27. The minimum absolute atomic E-state index is 0.163. The predicted molar refractivity (Wildman–Crippen MR) is 115 cm³/mol. The molecule has 1 aromatic heterocycles. The normalized spacial score (nSPS) is 13.4. The molecule has 1 aliphatic rings. The molecule has 142 valence electrons. The summed E-state index contributed by atoms with van der Waals surface area (Å²) in [7, 11) is 0. The van der Waals surface area contributed by atoms with Gasteiger partial charge in [-0.2, -0.15) is 0 Å². The molecule has 4 rings (SSSR count). The van der Waals surface area contributed by atoms with Crippen molar-refractivity contribution in [1.29, 1.82) is 0 Å². The highest BCUT2D eigenvalue weighted by atomic mass is 16.1. The monoisotopic (exact) mass is 372 g/mol. The molecule has 1 saturated heterocycles. The smallest absolute Gasteiger partial charge is 0.257 e. The van der Waals surface area contributed by atoms with Crippen LogP contribution in [0.25, 0.3) is 0 Å². The molecule has 0 atom stereocenters. The van der Waals surface area contributed by atoms with Crippen molar-refractivity contribution in [3.63, 3.8) is 0 Å². The standard InChI is InChI=1S/C23H24N4O/c1-17-5-4-6-20(15-17)25-22-12-7-18(16-24-22)23(28)26-19-8-10-21(11-9-19)27-13-2-3-14-27/h4-12,15-16H,2-3,13-14H2,1H3,(H,24,25)(H,26,28). The number of hydrogen-bond acceptors (Lipinski definition) is 4. The molecule has 0 spiro atoms. The lowest BCUT2D eigenvalue weighted by Crippen LogP contribution is -2.17. The Kier molecular flexibility index (Phi) is 5.24. The van der Waals surface area contributed by atoms with Crippen molar-refractivity contribution >= 4 is 28.8 Å². The fourth-order valence-corrected chi connectivity index (χ4v) is 3.41. The second-order valence-corrected chi connectivity index (χ2v) is 7.12. The zero-order chi connectivity index (χ0) is 19.3. The van der Waals surface area contributed by atoms with Crippen LogP contribution in [0.1, 0.15) is 28.8 Å². The Balaban J connectivity index is 1.38. The van der Waals surface area contributed by atoms with Gasteiger partial charge in [0.15, 0.2) is 0 Å². The zero-order valence-corrected chi connectivity index (χ0v) is 16.0. The number of benzene rings is 2. The molecule has 0 saturated carbocycles. The van der Waals surface area contributed by atoms with Gasteiger partial charge in [-0.1, -0.05) is 12.1 Å². The molecule has 5 nitrogen and oxygen atoms in total. The van der Waals surface area contributed by atoms with Crippen molar-refractivity contribution in [3.05, 3.63) is 78.0 Å². The van der Waals surface area contributed by atoms with E-state index in [1.54, 1.807) is 12.3 Å². The van der Waals surface area contributed by atoms with Crippen LogP contribution in [-0.4, -0.2) is 24.0 Å². The summed E-state index contributed by atoms with van der Waals surface area (Å²) in [6.07, 6.45) is 4.09. The van der Waals surface area contributed by atoms with E-state index in [0.29, 0.717) is 11.4 Å². The predicted octanol–water partition coefficient (Wildman–Crippen LogP) is 4.99. The summed E-state index contributed by atoms with van der Waals surface area (Å²) in [5, 5.41) is 6.18. The summed E-state index contributed by atoms with van der Waals surface area (Å²) >= 11 is 0. The molecule has 28 heavy (non-hydrogen) atoms. The van der Waals surface area contributed by atoms with Gasteiger partial charge in [-0.3, -0.25) is 4.79 Å². The second-order valence-electron chi connectivity index (χ2n) is 7.12. The van der Waals surface area contributed by atoms with E-state index in [1.807, 2.05) is 49.4 Å². The number of amides is 1. The number of carbonyl (C=O) groups is 1. The van der Waals surface area contributed by atoms with E-state index in [4.69, 9.17) is 0 Å². The van der Waals surface area contributed by atoms with Gasteiger partial charge in [0.25, 0.3) is 5.91 Å². The number of aromatic nitrogens is 1. The minimum atomic E-state index is -0.163. The van der Waals surface area contributed by atoms with Crippen LogP contribution in [0.15, 0.2) is 66.9 Å². The van der Waals surface area contributed by atoms with E-state index in [-0.39, 0.29) is 5.91 Å². The number of nitrogens with zero attached hydrogens (tertiary/aromatic N) is 2. The number of carbonyl (C=O) groups excluding carboxylic acids is 1. The van der Waals surface area contributed by atoms with Gasteiger partial charge in [0.05, 0.1) is 5.56 Å². The van der Waals surface area contributed by atoms with Gasteiger partial charge in [-0.05, 0) is 73.9 Å². The van der Waals surface area contributed by atoms with Crippen LogP contribution >= 0.6 is 0 Å². The molecule has 0 radical (unpaired) electrons. The van der Waals surface area contributed by atoms with E-state index in [0.717, 1.165) is 24.5 Å². The average Bonchev–Trinajstić information content (AvgIpc) is 3.24. The molecule has 1 fully saturated rings. The summed E-state index contributed by atoms with van der Waals surface area (Å²) in [5.74, 6) is 0.542. The average molecular weight is 372 g/mol. The molecular weight excluding hydrogens is 348 g/mol. The largest absolute Gasteiger partial charge is 0.372 e. The molecule has 1 aliphatic heterocycles. The van der Waals surface area contributed by atoms with Gasteiger partial charge in [0.1, 0.15) is 5.82 Å². The van der Waals surface area contributed by atoms with Gasteiger partial charge in [-0.15, -0.1) is 0 Å². The number of nitrogens with one attached hydrogen (secondary N) is 2. The maximum absolute atomic E-state index is 12.5.